The van der Waals surface area contributed by atoms with Crippen molar-refractivity contribution >= 4 is 11.6 Å². The van der Waals surface area contributed by atoms with Gasteiger partial charge >= 0.3 is 6.18 Å². The number of benzene rings is 2. The first-order valence-corrected chi connectivity index (χ1v) is 11.2. The minimum absolute atomic E-state index is 0.0544. The van der Waals surface area contributed by atoms with Crippen LogP contribution >= 0.6 is 0 Å². The number of hydrogen-bond acceptors (Lipinski definition) is 3. The van der Waals surface area contributed by atoms with E-state index in [1.165, 1.54) is 16.7 Å². The number of likely N-dealkylation sites (tertiary alicyclic amines) is 1. The summed E-state index contributed by atoms with van der Waals surface area (Å²) in [4.78, 5) is 15.7. The minimum Gasteiger partial charge on any atom is -0.332 e. The standard InChI is InChI=1S/C26H23F3N4O/c27-26(28,29)21-13-7-16-33-23(21)30-31-24(33)22-14-8-15-32(22)25(34)20(19-11-5-2-6-12-19)17-18-9-3-1-4-10-18/h1-7,9-13,16,20,22H,8,14-15,17H2. The molecule has 0 saturated carbocycles. The number of carbonyl (C=O) groups excluding carboxylic acids is 1. The summed E-state index contributed by atoms with van der Waals surface area (Å²) in [6.45, 7) is 0.523. The molecule has 2 aromatic heterocycles. The van der Waals surface area contributed by atoms with Gasteiger partial charge in [-0.15, -0.1) is 10.2 Å². The summed E-state index contributed by atoms with van der Waals surface area (Å²) in [6.07, 6.45) is -1.11. The summed E-state index contributed by atoms with van der Waals surface area (Å²) in [5, 5.41) is 7.97. The first-order valence-electron chi connectivity index (χ1n) is 11.2. The molecule has 0 bridgehead atoms. The molecule has 1 aliphatic rings. The van der Waals surface area contributed by atoms with Gasteiger partial charge in [0.05, 0.1) is 12.0 Å². The van der Waals surface area contributed by atoms with Crippen molar-refractivity contribution in [2.45, 2.75) is 37.4 Å². The Kier molecular flexibility index (Phi) is 5.81. The number of rotatable bonds is 5. The summed E-state index contributed by atoms with van der Waals surface area (Å²) in [5.74, 6) is -0.103. The van der Waals surface area contributed by atoms with Gasteiger partial charge in [-0.05, 0) is 42.5 Å². The molecule has 4 aromatic rings. The number of alkyl halides is 3. The molecule has 34 heavy (non-hydrogen) atoms. The van der Waals surface area contributed by atoms with Crippen molar-refractivity contribution in [2.24, 2.45) is 0 Å². The topological polar surface area (TPSA) is 50.5 Å². The number of pyridine rings is 1. The Labute approximate surface area is 194 Å². The van der Waals surface area contributed by atoms with Gasteiger partial charge in [-0.25, -0.2) is 0 Å². The molecule has 1 saturated heterocycles. The smallest absolute Gasteiger partial charge is 0.332 e. The average molecular weight is 464 g/mol. The minimum atomic E-state index is -4.54. The van der Waals surface area contributed by atoms with Gasteiger partial charge in [0.15, 0.2) is 11.5 Å². The Balaban J connectivity index is 1.50. The van der Waals surface area contributed by atoms with Crippen LogP contribution in [0, 0.1) is 0 Å². The highest BCUT2D eigenvalue weighted by molar-refractivity contribution is 5.84. The van der Waals surface area contributed by atoms with E-state index in [9.17, 15) is 18.0 Å². The highest BCUT2D eigenvalue weighted by atomic mass is 19.4. The van der Waals surface area contributed by atoms with Crippen LogP contribution in [0.4, 0.5) is 13.2 Å². The number of carbonyl (C=O) groups is 1. The maximum atomic E-state index is 13.9. The fourth-order valence-electron chi connectivity index (χ4n) is 4.76. The zero-order valence-corrected chi connectivity index (χ0v) is 18.3. The monoisotopic (exact) mass is 464 g/mol. The normalized spacial score (nSPS) is 17.3. The van der Waals surface area contributed by atoms with Crippen molar-refractivity contribution in [3.05, 3.63) is 102 Å². The number of aromatic nitrogens is 3. The van der Waals surface area contributed by atoms with Crippen LogP contribution in [0.15, 0.2) is 79.0 Å². The molecular weight excluding hydrogens is 441 g/mol. The highest BCUT2D eigenvalue weighted by Gasteiger charge is 2.39. The molecule has 1 fully saturated rings. The van der Waals surface area contributed by atoms with Crippen LogP contribution in [0.25, 0.3) is 5.65 Å². The van der Waals surface area contributed by atoms with E-state index in [-0.39, 0.29) is 11.6 Å². The second kappa shape index (κ2) is 8.93. The summed E-state index contributed by atoms with van der Waals surface area (Å²) >= 11 is 0. The third kappa shape index (κ3) is 4.16. The first-order chi connectivity index (χ1) is 16.4. The molecule has 3 heterocycles. The molecule has 0 radical (unpaired) electrons. The predicted octanol–water partition coefficient (Wildman–Crippen LogP) is 5.44. The van der Waals surface area contributed by atoms with Crippen LogP contribution in [0.1, 0.15) is 47.3 Å². The molecule has 1 aliphatic heterocycles. The fraction of sp³-hybridized carbons (Fsp3) is 0.269. The largest absolute Gasteiger partial charge is 0.420 e. The van der Waals surface area contributed by atoms with Crippen molar-refractivity contribution in [2.75, 3.05) is 6.54 Å². The van der Waals surface area contributed by atoms with E-state index in [0.717, 1.165) is 23.6 Å². The van der Waals surface area contributed by atoms with E-state index >= 15 is 0 Å². The molecule has 5 nitrogen and oxygen atoms in total. The van der Waals surface area contributed by atoms with Crippen LogP contribution in [-0.2, 0) is 17.4 Å². The van der Waals surface area contributed by atoms with E-state index in [1.54, 1.807) is 4.90 Å². The van der Waals surface area contributed by atoms with Gasteiger partial charge in [0, 0.05) is 12.7 Å². The number of nitrogens with zero attached hydrogens (tertiary/aromatic N) is 4. The van der Waals surface area contributed by atoms with E-state index < -0.39 is 23.7 Å². The average Bonchev–Trinajstić information content (AvgIpc) is 3.49. The Morgan fingerprint density at radius 2 is 1.68 bits per heavy atom. The van der Waals surface area contributed by atoms with Crippen molar-refractivity contribution in [3.63, 3.8) is 0 Å². The lowest BCUT2D eigenvalue weighted by Crippen LogP contribution is -2.36. The first kappa shape index (κ1) is 22.1. The number of halogens is 3. The van der Waals surface area contributed by atoms with Gasteiger partial charge in [0.1, 0.15) is 5.56 Å². The molecular formula is C26H23F3N4O. The second-order valence-corrected chi connectivity index (χ2v) is 8.51. The zero-order chi connectivity index (χ0) is 23.7. The van der Waals surface area contributed by atoms with Gasteiger partial charge < -0.3 is 4.90 Å². The van der Waals surface area contributed by atoms with Crippen LogP contribution in [0.2, 0.25) is 0 Å². The molecule has 8 heteroatoms. The van der Waals surface area contributed by atoms with E-state index in [1.807, 2.05) is 60.7 Å². The molecule has 2 atom stereocenters. The number of hydrogen-bond donors (Lipinski definition) is 0. The molecule has 174 valence electrons. The molecule has 0 N–H and O–H groups in total. The van der Waals surface area contributed by atoms with Crippen LogP contribution in [-0.4, -0.2) is 31.9 Å². The molecule has 0 spiro atoms. The highest BCUT2D eigenvalue weighted by Crippen LogP contribution is 2.37. The van der Waals surface area contributed by atoms with Gasteiger partial charge in [0.25, 0.3) is 0 Å². The number of fused-ring (bicyclic) bond motifs is 1. The summed E-state index contributed by atoms with van der Waals surface area (Å²) in [6, 6.07) is 21.3. The maximum absolute atomic E-state index is 13.9. The Morgan fingerprint density at radius 1 is 0.971 bits per heavy atom. The maximum Gasteiger partial charge on any atom is 0.420 e. The SMILES string of the molecule is O=C(C(Cc1ccccc1)c1ccccc1)N1CCCC1c1nnc2c(C(F)(F)F)cccn12. The molecule has 5 rings (SSSR count). The van der Waals surface area contributed by atoms with Crippen LogP contribution in [0.5, 0.6) is 0 Å². The third-order valence-electron chi connectivity index (χ3n) is 6.38. The lowest BCUT2D eigenvalue weighted by molar-refractivity contribution is -0.137. The van der Waals surface area contributed by atoms with Crippen LogP contribution < -0.4 is 0 Å². The van der Waals surface area contributed by atoms with Crippen molar-refractivity contribution in [3.8, 4) is 0 Å². The Morgan fingerprint density at radius 3 is 2.38 bits per heavy atom. The Hall–Kier alpha value is -3.68. The van der Waals surface area contributed by atoms with E-state index in [2.05, 4.69) is 10.2 Å². The van der Waals surface area contributed by atoms with E-state index in [4.69, 9.17) is 0 Å². The summed E-state index contributed by atoms with van der Waals surface area (Å²) in [5.41, 5.74) is 0.875. The molecule has 0 aliphatic carbocycles. The Bertz CT molecular complexity index is 1290. The van der Waals surface area contributed by atoms with Gasteiger partial charge in [0.2, 0.25) is 5.91 Å². The van der Waals surface area contributed by atoms with Crippen molar-refractivity contribution in [1.29, 1.82) is 0 Å². The molecule has 2 aromatic carbocycles. The van der Waals surface area contributed by atoms with Gasteiger partial charge in [-0.2, -0.15) is 13.2 Å². The quantitative estimate of drug-likeness (QED) is 0.395. The van der Waals surface area contributed by atoms with Crippen molar-refractivity contribution < 1.29 is 18.0 Å². The predicted molar refractivity (Wildman–Crippen MR) is 121 cm³/mol. The van der Waals surface area contributed by atoms with E-state index in [0.29, 0.717) is 25.2 Å². The lowest BCUT2D eigenvalue weighted by atomic mass is 9.90. The van der Waals surface area contributed by atoms with Crippen molar-refractivity contribution in [1.82, 2.24) is 19.5 Å². The second-order valence-electron chi connectivity index (χ2n) is 8.51. The summed E-state index contributed by atoms with van der Waals surface area (Å²) in [7, 11) is 0. The molecule has 2 unspecified atom stereocenters. The summed E-state index contributed by atoms with van der Waals surface area (Å²) < 4.78 is 41.8. The lowest BCUT2D eigenvalue weighted by Gasteiger charge is -2.28. The fourth-order valence-corrected chi connectivity index (χ4v) is 4.76. The zero-order valence-electron chi connectivity index (χ0n) is 18.3. The molecule has 1 amide bonds. The van der Waals surface area contributed by atoms with Crippen LogP contribution in [0.3, 0.4) is 0 Å². The van der Waals surface area contributed by atoms with Gasteiger partial charge in [-0.1, -0.05) is 60.7 Å². The third-order valence-corrected chi connectivity index (χ3v) is 6.38. The van der Waals surface area contributed by atoms with Gasteiger partial charge in [-0.3, -0.25) is 9.20 Å². The number of amides is 1.